The quantitative estimate of drug-likeness (QED) is 0.703. The summed E-state index contributed by atoms with van der Waals surface area (Å²) in [4.78, 5) is 0. The Hall–Kier alpha value is -0.730. The van der Waals surface area contributed by atoms with E-state index >= 15 is 0 Å². The molecule has 1 nitrogen and oxygen atoms in total. The van der Waals surface area contributed by atoms with Crippen molar-refractivity contribution >= 4 is 11.8 Å². The molecule has 0 saturated carbocycles. The lowest BCUT2D eigenvalue weighted by molar-refractivity contribution is 0.110. The molecule has 1 aromatic carbocycles. The van der Waals surface area contributed by atoms with Gasteiger partial charge in [0.1, 0.15) is 0 Å². The van der Waals surface area contributed by atoms with Gasteiger partial charge in [-0.1, -0.05) is 42.5 Å². The summed E-state index contributed by atoms with van der Waals surface area (Å²) in [6.45, 7) is 0. The molecule has 14 heavy (non-hydrogen) atoms. The van der Waals surface area contributed by atoms with Crippen molar-refractivity contribution in [1.82, 2.24) is 0 Å². The Morgan fingerprint density at radius 2 is 2.14 bits per heavy atom. The maximum atomic E-state index is 5.55. The number of thioether (sulfide) groups is 1. The van der Waals surface area contributed by atoms with E-state index in [9.17, 15) is 0 Å². The van der Waals surface area contributed by atoms with E-state index in [1.165, 1.54) is 5.56 Å². The number of methoxy groups -OCH3 is 1. The first-order valence-corrected chi connectivity index (χ1v) is 5.82. The van der Waals surface area contributed by atoms with Gasteiger partial charge in [-0.3, -0.25) is 0 Å². The van der Waals surface area contributed by atoms with E-state index in [0.717, 1.165) is 5.75 Å². The number of hydrogen-bond donors (Lipinski definition) is 0. The highest BCUT2D eigenvalue weighted by molar-refractivity contribution is 8.00. The van der Waals surface area contributed by atoms with Crippen LogP contribution in [0.2, 0.25) is 0 Å². The van der Waals surface area contributed by atoms with Gasteiger partial charge >= 0.3 is 0 Å². The molecule has 2 heteroatoms. The maximum Gasteiger partial charge on any atom is 0.0974 e. The molecule has 0 spiro atoms. The van der Waals surface area contributed by atoms with Crippen molar-refractivity contribution in [2.45, 2.75) is 11.4 Å². The summed E-state index contributed by atoms with van der Waals surface area (Å²) in [6.07, 6.45) is 4.65. The molecule has 1 heterocycles. The molecule has 74 valence electrons. The van der Waals surface area contributed by atoms with Gasteiger partial charge in [-0.15, -0.1) is 11.8 Å². The fourth-order valence-electron chi connectivity index (χ4n) is 1.70. The standard InChI is InChI=1S/C12H14OS/c1-13-12(11-8-5-9-14-11)10-6-3-2-4-7-10/h2-8,11-12H,9H2,1H3/t11-,12-/m0/s1. The van der Waals surface area contributed by atoms with Crippen LogP contribution < -0.4 is 0 Å². The Kier molecular flexibility index (Phi) is 3.27. The lowest BCUT2D eigenvalue weighted by Crippen LogP contribution is -2.13. The minimum absolute atomic E-state index is 0.194. The molecule has 0 aliphatic carbocycles. The SMILES string of the molecule is CO[C@@H](c1ccccc1)[C@@H]1C=CCS1. The zero-order chi connectivity index (χ0) is 9.80. The third-order valence-corrected chi connectivity index (χ3v) is 3.57. The van der Waals surface area contributed by atoms with Crippen LogP contribution in [0.3, 0.4) is 0 Å². The molecule has 0 unspecified atom stereocenters. The average molecular weight is 206 g/mol. The highest BCUT2D eigenvalue weighted by Gasteiger charge is 2.22. The summed E-state index contributed by atoms with van der Waals surface area (Å²) < 4.78 is 5.55. The van der Waals surface area contributed by atoms with E-state index in [1.807, 2.05) is 17.8 Å². The average Bonchev–Trinajstić information content (AvgIpc) is 2.74. The van der Waals surface area contributed by atoms with Crippen LogP contribution in [0.5, 0.6) is 0 Å². The Bertz CT molecular complexity index is 307. The fraction of sp³-hybridized carbons (Fsp3) is 0.333. The molecular weight excluding hydrogens is 192 g/mol. The predicted molar refractivity (Wildman–Crippen MR) is 61.6 cm³/mol. The van der Waals surface area contributed by atoms with Gasteiger partial charge in [-0.05, 0) is 5.56 Å². The Labute approximate surface area is 89.2 Å². The minimum Gasteiger partial charge on any atom is -0.375 e. The Morgan fingerprint density at radius 3 is 2.71 bits per heavy atom. The van der Waals surface area contributed by atoms with Crippen molar-refractivity contribution in [2.75, 3.05) is 12.9 Å². The largest absolute Gasteiger partial charge is 0.375 e. The van der Waals surface area contributed by atoms with E-state index < -0.39 is 0 Å². The fourth-order valence-corrected chi connectivity index (χ4v) is 2.81. The van der Waals surface area contributed by atoms with Crippen LogP contribution in [0.4, 0.5) is 0 Å². The Morgan fingerprint density at radius 1 is 1.36 bits per heavy atom. The minimum atomic E-state index is 0.194. The summed E-state index contributed by atoms with van der Waals surface area (Å²) in [5.74, 6) is 1.11. The van der Waals surface area contributed by atoms with E-state index in [1.54, 1.807) is 7.11 Å². The molecule has 1 aromatic rings. The molecule has 0 bridgehead atoms. The van der Waals surface area contributed by atoms with Crippen LogP contribution in [0.1, 0.15) is 11.7 Å². The van der Waals surface area contributed by atoms with E-state index in [-0.39, 0.29) is 6.10 Å². The number of hydrogen-bond acceptors (Lipinski definition) is 2. The number of benzene rings is 1. The smallest absolute Gasteiger partial charge is 0.0974 e. The summed E-state index contributed by atoms with van der Waals surface area (Å²) in [6, 6.07) is 10.4. The van der Waals surface area contributed by atoms with Crippen molar-refractivity contribution < 1.29 is 4.74 Å². The summed E-state index contributed by atoms with van der Waals surface area (Å²) >= 11 is 1.93. The van der Waals surface area contributed by atoms with Crippen LogP contribution >= 0.6 is 11.8 Å². The van der Waals surface area contributed by atoms with Crippen LogP contribution in [0.25, 0.3) is 0 Å². The van der Waals surface area contributed by atoms with Gasteiger partial charge in [0.25, 0.3) is 0 Å². The number of rotatable bonds is 3. The second kappa shape index (κ2) is 4.67. The third-order valence-electron chi connectivity index (χ3n) is 2.39. The first-order valence-electron chi connectivity index (χ1n) is 4.78. The molecule has 0 radical (unpaired) electrons. The molecule has 1 aliphatic rings. The summed E-state index contributed by atoms with van der Waals surface area (Å²) in [5, 5.41) is 0.474. The molecule has 0 saturated heterocycles. The second-order valence-electron chi connectivity index (χ2n) is 3.29. The third kappa shape index (κ3) is 2.02. The zero-order valence-corrected chi connectivity index (χ0v) is 9.04. The Balaban J connectivity index is 2.17. The molecule has 2 rings (SSSR count). The van der Waals surface area contributed by atoms with E-state index in [0.29, 0.717) is 5.25 Å². The van der Waals surface area contributed by atoms with Crippen molar-refractivity contribution in [1.29, 1.82) is 0 Å². The monoisotopic (exact) mass is 206 g/mol. The predicted octanol–water partition coefficient (Wildman–Crippen LogP) is 3.05. The topological polar surface area (TPSA) is 9.23 Å². The highest BCUT2D eigenvalue weighted by Crippen LogP contribution is 2.33. The number of ether oxygens (including phenoxy) is 1. The lowest BCUT2D eigenvalue weighted by Gasteiger charge is -2.20. The van der Waals surface area contributed by atoms with Crippen molar-refractivity contribution in [3.05, 3.63) is 48.0 Å². The van der Waals surface area contributed by atoms with E-state index in [4.69, 9.17) is 4.74 Å². The highest BCUT2D eigenvalue weighted by atomic mass is 32.2. The first-order chi connectivity index (χ1) is 6.92. The molecule has 0 aromatic heterocycles. The summed E-state index contributed by atoms with van der Waals surface area (Å²) in [5.41, 5.74) is 1.26. The normalized spacial score (nSPS) is 22.5. The van der Waals surface area contributed by atoms with Crippen LogP contribution in [0.15, 0.2) is 42.5 Å². The van der Waals surface area contributed by atoms with Crippen molar-refractivity contribution in [3.8, 4) is 0 Å². The van der Waals surface area contributed by atoms with Gasteiger partial charge in [0.05, 0.1) is 11.4 Å². The lowest BCUT2D eigenvalue weighted by atomic mass is 10.1. The van der Waals surface area contributed by atoms with Gasteiger partial charge < -0.3 is 4.74 Å². The molecule has 0 N–H and O–H groups in total. The zero-order valence-electron chi connectivity index (χ0n) is 8.22. The first kappa shape index (κ1) is 9.81. The van der Waals surface area contributed by atoms with Crippen LogP contribution in [-0.2, 0) is 4.74 Å². The maximum absolute atomic E-state index is 5.55. The van der Waals surface area contributed by atoms with Gasteiger partial charge in [-0.2, -0.15) is 0 Å². The van der Waals surface area contributed by atoms with Crippen molar-refractivity contribution in [2.24, 2.45) is 0 Å². The van der Waals surface area contributed by atoms with Gasteiger partial charge in [0, 0.05) is 12.9 Å². The van der Waals surface area contributed by atoms with Gasteiger partial charge in [0.15, 0.2) is 0 Å². The molecule has 0 fully saturated rings. The van der Waals surface area contributed by atoms with Gasteiger partial charge in [0.2, 0.25) is 0 Å². The molecule has 0 amide bonds. The van der Waals surface area contributed by atoms with Crippen molar-refractivity contribution in [3.63, 3.8) is 0 Å². The van der Waals surface area contributed by atoms with Gasteiger partial charge in [-0.25, -0.2) is 0 Å². The summed E-state index contributed by atoms with van der Waals surface area (Å²) in [7, 11) is 1.78. The molecule has 1 aliphatic heterocycles. The second-order valence-corrected chi connectivity index (χ2v) is 4.50. The molecular formula is C12H14OS. The van der Waals surface area contributed by atoms with E-state index in [2.05, 4.69) is 36.4 Å². The molecule has 2 atom stereocenters. The van der Waals surface area contributed by atoms with Crippen LogP contribution in [0, 0.1) is 0 Å². The van der Waals surface area contributed by atoms with Crippen LogP contribution in [-0.4, -0.2) is 18.1 Å².